The third kappa shape index (κ3) is 4.50. The van der Waals surface area contributed by atoms with Gasteiger partial charge in [0.15, 0.2) is 0 Å². The predicted molar refractivity (Wildman–Crippen MR) is 121 cm³/mol. The van der Waals surface area contributed by atoms with Crippen molar-refractivity contribution in [2.75, 3.05) is 5.32 Å². The highest BCUT2D eigenvalue weighted by atomic mass is 19.1. The smallest absolute Gasteiger partial charge is 0.203 e. The van der Waals surface area contributed by atoms with E-state index in [0.717, 1.165) is 33.9 Å². The van der Waals surface area contributed by atoms with Crippen LogP contribution in [-0.4, -0.2) is 14.7 Å². The summed E-state index contributed by atoms with van der Waals surface area (Å²) >= 11 is 0. The Labute approximate surface area is 178 Å². The SMILES string of the molecule is Cn1c(-c2ccc(F)cc2)cnc1NCc1cc(C(C)(C)C)c(O)c(C(C)(C)C)c1. The van der Waals surface area contributed by atoms with Crippen molar-refractivity contribution in [1.82, 2.24) is 9.55 Å². The monoisotopic (exact) mass is 409 g/mol. The maximum absolute atomic E-state index is 13.2. The van der Waals surface area contributed by atoms with Crippen molar-refractivity contribution >= 4 is 5.95 Å². The van der Waals surface area contributed by atoms with E-state index in [2.05, 4.69) is 64.0 Å². The quantitative estimate of drug-likeness (QED) is 0.544. The molecular weight excluding hydrogens is 377 g/mol. The molecule has 30 heavy (non-hydrogen) atoms. The van der Waals surface area contributed by atoms with Crippen molar-refractivity contribution < 1.29 is 9.50 Å². The van der Waals surface area contributed by atoms with Gasteiger partial charge in [-0.15, -0.1) is 0 Å². The fourth-order valence-electron chi connectivity index (χ4n) is 3.58. The minimum absolute atomic E-state index is 0.168. The van der Waals surface area contributed by atoms with Gasteiger partial charge in [0.05, 0.1) is 11.9 Å². The van der Waals surface area contributed by atoms with E-state index in [1.165, 1.54) is 12.1 Å². The van der Waals surface area contributed by atoms with Gasteiger partial charge in [0.1, 0.15) is 11.6 Å². The van der Waals surface area contributed by atoms with Crippen LogP contribution < -0.4 is 5.32 Å². The molecule has 0 spiro atoms. The highest BCUT2D eigenvalue weighted by molar-refractivity contribution is 5.61. The van der Waals surface area contributed by atoms with E-state index in [-0.39, 0.29) is 16.6 Å². The van der Waals surface area contributed by atoms with Gasteiger partial charge in [-0.25, -0.2) is 9.37 Å². The molecule has 0 aliphatic heterocycles. The number of nitrogens with one attached hydrogen (secondary N) is 1. The summed E-state index contributed by atoms with van der Waals surface area (Å²) in [6.45, 7) is 13.2. The number of aromatic nitrogens is 2. The lowest BCUT2D eigenvalue weighted by Crippen LogP contribution is -2.18. The Morgan fingerprint density at radius 2 is 1.50 bits per heavy atom. The number of phenolic OH excluding ortho intramolecular Hbond substituents is 1. The zero-order valence-electron chi connectivity index (χ0n) is 19.0. The molecule has 0 unspecified atom stereocenters. The molecule has 0 aliphatic carbocycles. The molecule has 0 amide bonds. The second kappa shape index (κ2) is 7.78. The molecule has 3 rings (SSSR count). The number of anilines is 1. The van der Waals surface area contributed by atoms with Crippen molar-refractivity contribution in [3.63, 3.8) is 0 Å². The third-order valence-electron chi connectivity index (χ3n) is 5.36. The number of halogens is 1. The number of nitrogens with zero attached hydrogens (tertiary/aromatic N) is 2. The van der Waals surface area contributed by atoms with Crippen molar-refractivity contribution in [2.24, 2.45) is 7.05 Å². The zero-order valence-corrected chi connectivity index (χ0v) is 19.0. The topological polar surface area (TPSA) is 50.1 Å². The summed E-state index contributed by atoms with van der Waals surface area (Å²) in [6, 6.07) is 10.5. The average Bonchev–Trinajstić information content (AvgIpc) is 3.00. The maximum Gasteiger partial charge on any atom is 0.203 e. The summed E-state index contributed by atoms with van der Waals surface area (Å²) in [5.41, 5.74) is 4.47. The first-order valence-corrected chi connectivity index (χ1v) is 10.3. The van der Waals surface area contributed by atoms with E-state index in [1.807, 2.05) is 11.6 Å². The maximum atomic E-state index is 13.2. The van der Waals surface area contributed by atoms with Crippen molar-refractivity contribution in [3.05, 3.63) is 65.1 Å². The first-order valence-electron chi connectivity index (χ1n) is 10.3. The summed E-state index contributed by atoms with van der Waals surface area (Å²) in [7, 11) is 1.94. The number of benzene rings is 2. The summed E-state index contributed by atoms with van der Waals surface area (Å²) in [6.07, 6.45) is 1.79. The predicted octanol–water partition coefficient (Wildman–Crippen LogP) is 6.14. The van der Waals surface area contributed by atoms with Crippen LogP contribution in [0, 0.1) is 5.82 Å². The first kappa shape index (κ1) is 21.9. The van der Waals surface area contributed by atoms with E-state index < -0.39 is 0 Å². The van der Waals surface area contributed by atoms with Crippen LogP contribution >= 0.6 is 0 Å². The first-order chi connectivity index (χ1) is 13.9. The van der Waals surface area contributed by atoms with Crippen LogP contribution in [0.4, 0.5) is 10.3 Å². The largest absolute Gasteiger partial charge is 0.507 e. The van der Waals surface area contributed by atoms with Gasteiger partial charge in [-0.2, -0.15) is 0 Å². The van der Waals surface area contributed by atoms with Crippen LogP contribution in [0.2, 0.25) is 0 Å². The molecule has 0 saturated heterocycles. The van der Waals surface area contributed by atoms with Gasteiger partial charge < -0.3 is 15.0 Å². The summed E-state index contributed by atoms with van der Waals surface area (Å²) in [4.78, 5) is 4.50. The second-order valence-corrected chi connectivity index (χ2v) is 9.93. The normalized spacial score (nSPS) is 12.3. The van der Waals surface area contributed by atoms with E-state index in [9.17, 15) is 9.50 Å². The van der Waals surface area contributed by atoms with E-state index in [4.69, 9.17) is 0 Å². The Kier molecular flexibility index (Phi) is 5.68. The van der Waals surface area contributed by atoms with E-state index in [0.29, 0.717) is 12.3 Å². The molecule has 5 heteroatoms. The molecule has 1 aromatic heterocycles. The molecule has 2 N–H and O–H groups in total. The van der Waals surface area contributed by atoms with Gasteiger partial charge in [0.25, 0.3) is 0 Å². The van der Waals surface area contributed by atoms with Gasteiger partial charge in [-0.1, -0.05) is 41.5 Å². The summed E-state index contributed by atoms with van der Waals surface area (Å²) in [5, 5.41) is 14.3. The molecule has 0 bridgehead atoms. The van der Waals surface area contributed by atoms with Crippen LogP contribution in [0.25, 0.3) is 11.3 Å². The zero-order chi connectivity index (χ0) is 22.3. The molecule has 0 saturated carbocycles. The highest BCUT2D eigenvalue weighted by Crippen LogP contribution is 2.40. The second-order valence-electron chi connectivity index (χ2n) is 9.93. The number of rotatable bonds is 4. The van der Waals surface area contributed by atoms with E-state index >= 15 is 0 Å². The molecule has 0 fully saturated rings. The van der Waals surface area contributed by atoms with Crippen molar-refractivity contribution in [2.45, 2.75) is 58.9 Å². The molecule has 0 aliphatic rings. The van der Waals surface area contributed by atoms with Gasteiger partial charge >= 0.3 is 0 Å². The number of imidazole rings is 1. The lowest BCUT2D eigenvalue weighted by atomic mass is 9.78. The molecule has 160 valence electrons. The fourth-order valence-corrected chi connectivity index (χ4v) is 3.58. The summed E-state index contributed by atoms with van der Waals surface area (Å²) < 4.78 is 15.2. The lowest BCUT2D eigenvalue weighted by molar-refractivity contribution is 0.423. The molecule has 0 atom stereocenters. The van der Waals surface area contributed by atoms with Gasteiger partial charge in [-0.3, -0.25) is 0 Å². The molecule has 2 aromatic carbocycles. The Morgan fingerprint density at radius 3 is 2.00 bits per heavy atom. The number of phenols is 1. The molecule has 4 nitrogen and oxygen atoms in total. The van der Waals surface area contributed by atoms with Gasteiger partial charge in [0, 0.05) is 19.2 Å². The molecule has 3 aromatic rings. The Balaban J connectivity index is 1.90. The Hall–Kier alpha value is -2.82. The number of aromatic hydroxyl groups is 1. The van der Waals surface area contributed by atoms with Gasteiger partial charge in [0.2, 0.25) is 5.95 Å². The third-order valence-corrected chi connectivity index (χ3v) is 5.36. The Morgan fingerprint density at radius 1 is 0.967 bits per heavy atom. The van der Waals surface area contributed by atoms with Crippen molar-refractivity contribution in [3.8, 4) is 17.0 Å². The van der Waals surface area contributed by atoms with Gasteiger partial charge in [-0.05, 0) is 63.9 Å². The van der Waals surface area contributed by atoms with E-state index in [1.54, 1.807) is 18.3 Å². The molecule has 0 radical (unpaired) electrons. The number of hydrogen-bond acceptors (Lipinski definition) is 3. The molecule has 1 heterocycles. The number of hydrogen-bond donors (Lipinski definition) is 2. The van der Waals surface area contributed by atoms with Crippen LogP contribution in [0.15, 0.2) is 42.6 Å². The van der Waals surface area contributed by atoms with Crippen LogP contribution in [-0.2, 0) is 24.4 Å². The molecular formula is C25H32FN3O. The van der Waals surface area contributed by atoms with Crippen LogP contribution in [0.3, 0.4) is 0 Å². The van der Waals surface area contributed by atoms with Crippen LogP contribution in [0.1, 0.15) is 58.2 Å². The lowest BCUT2D eigenvalue weighted by Gasteiger charge is -2.28. The fraction of sp³-hybridized carbons (Fsp3) is 0.400. The minimum atomic E-state index is -0.254. The van der Waals surface area contributed by atoms with Crippen LogP contribution in [0.5, 0.6) is 5.75 Å². The summed E-state index contributed by atoms with van der Waals surface area (Å²) in [5.74, 6) is 0.863. The highest BCUT2D eigenvalue weighted by Gasteiger charge is 2.26. The van der Waals surface area contributed by atoms with Crippen molar-refractivity contribution in [1.29, 1.82) is 0 Å². The minimum Gasteiger partial charge on any atom is -0.507 e. The standard InChI is InChI=1S/C25H32FN3O/c1-24(2,3)19-12-16(13-20(22(19)30)25(4,5)6)14-27-23-28-15-21(29(23)7)17-8-10-18(26)11-9-17/h8-13,15,30H,14H2,1-7H3,(H,27,28). The average molecular weight is 410 g/mol. The Bertz CT molecular complexity index is 1000.